The summed E-state index contributed by atoms with van der Waals surface area (Å²) in [5.41, 5.74) is 20.1. The van der Waals surface area contributed by atoms with Crippen LogP contribution >= 0.6 is 0 Å². The molecule has 0 unspecified atom stereocenters. The van der Waals surface area contributed by atoms with Crippen LogP contribution in [-0.2, 0) is 12.8 Å². The molecule has 8 aromatic carbocycles. The zero-order valence-electron chi connectivity index (χ0n) is 31.2. The van der Waals surface area contributed by atoms with E-state index in [9.17, 15) is 0 Å². The fraction of sp³-hybridized carbons (Fsp3) is 0.0769. The zero-order chi connectivity index (χ0) is 37.0. The average molecular weight is 718 g/mol. The fourth-order valence-electron chi connectivity index (χ4n) is 9.66. The van der Waals surface area contributed by atoms with Crippen LogP contribution in [0.3, 0.4) is 0 Å². The molecule has 0 spiro atoms. The van der Waals surface area contributed by atoms with Crippen LogP contribution < -0.4 is 31.1 Å². The lowest BCUT2D eigenvalue weighted by Gasteiger charge is -2.45. The van der Waals surface area contributed by atoms with E-state index in [2.05, 4.69) is 209 Å². The normalized spacial score (nSPS) is 13.7. The van der Waals surface area contributed by atoms with Gasteiger partial charge in [-0.1, -0.05) is 127 Å². The first-order chi connectivity index (χ1) is 27.8. The maximum Gasteiger partial charge on any atom is 0.252 e. The predicted octanol–water partition coefficient (Wildman–Crippen LogP) is 11.8. The average Bonchev–Trinajstić information content (AvgIpc) is 3.27. The maximum absolute atomic E-state index is 2.52. The van der Waals surface area contributed by atoms with Gasteiger partial charge in [-0.3, -0.25) is 0 Å². The SMILES string of the molecule is c1ccc(-c2c(N(c3ccccc3)c3cc4c5c(c3)N(c3ccccc3)c3ccccc3B5c3ccccc3N4c3ccccc3)ccc3c2CCCC3)cc1. The van der Waals surface area contributed by atoms with Gasteiger partial charge in [-0.2, -0.15) is 0 Å². The molecule has 2 aliphatic heterocycles. The minimum absolute atomic E-state index is 0.0650. The first-order valence-electron chi connectivity index (χ1n) is 19.9. The van der Waals surface area contributed by atoms with Crippen LogP contribution in [0.1, 0.15) is 24.0 Å². The van der Waals surface area contributed by atoms with E-state index in [0.717, 1.165) is 35.6 Å². The molecular weight excluding hydrogens is 677 g/mol. The maximum atomic E-state index is 2.52. The highest BCUT2D eigenvalue weighted by molar-refractivity contribution is 7.00. The molecule has 0 bridgehead atoms. The summed E-state index contributed by atoms with van der Waals surface area (Å²) < 4.78 is 0. The van der Waals surface area contributed by atoms with E-state index < -0.39 is 0 Å². The molecule has 8 aromatic rings. The lowest BCUT2D eigenvalue weighted by molar-refractivity contribution is 0.687. The minimum Gasteiger partial charge on any atom is -0.311 e. The molecule has 2 heterocycles. The predicted molar refractivity (Wildman–Crippen MR) is 237 cm³/mol. The van der Waals surface area contributed by atoms with Gasteiger partial charge in [0.15, 0.2) is 0 Å². The van der Waals surface area contributed by atoms with Crippen molar-refractivity contribution in [1.29, 1.82) is 0 Å². The highest BCUT2D eigenvalue weighted by Crippen LogP contribution is 2.50. The monoisotopic (exact) mass is 717 g/mol. The first-order valence-corrected chi connectivity index (χ1v) is 19.9. The Labute approximate surface area is 329 Å². The van der Waals surface area contributed by atoms with E-state index >= 15 is 0 Å². The van der Waals surface area contributed by atoms with Crippen molar-refractivity contribution in [2.75, 3.05) is 14.7 Å². The van der Waals surface area contributed by atoms with Gasteiger partial charge in [-0.05, 0) is 125 Å². The van der Waals surface area contributed by atoms with Crippen LogP contribution in [-0.4, -0.2) is 6.71 Å². The molecule has 56 heavy (non-hydrogen) atoms. The summed E-state index contributed by atoms with van der Waals surface area (Å²) in [5.74, 6) is 0. The second kappa shape index (κ2) is 13.5. The Morgan fingerprint density at radius 2 is 0.929 bits per heavy atom. The zero-order valence-corrected chi connectivity index (χ0v) is 31.2. The van der Waals surface area contributed by atoms with Crippen molar-refractivity contribution in [2.45, 2.75) is 25.7 Å². The van der Waals surface area contributed by atoms with Crippen LogP contribution in [0.15, 0.2) is 194 Å². The number of rotatable bonds is 6. The van der Waals surface area contributed by atoms with E-state index in [1.807, 2.05) is 0 Å². The van der Waals surface area contributed by atoms with E-state index in [1.54, 1.807) is 0 Å². The van der Waals surface area contributed by atoms with Crippen molar-refractivity contribution in [2.24, 2.45) is 0 Å². The Hall–Kier alpha value is -6.78. The van der Waals surface area contributed by atoms with Gasteiger partial charge < -0.3 is 14.7 Å². The Morgan fingerprint density at radius 1 is 0.429 bits per heavy atom. The van der Waals surface area contributed by atoms with Crippen molar-refractivity contribution in [1.82, 2.24) is 0 Å². The van der Waals surface area contributed by atoms with Gasteiger partial charge in [-0.15, -0.1) is 0 Å². The van der Waals surface area contributed by atoms with Gasteiger partial charge in [0.05, 0.1) is 11.4 Å². The van der Waals surface area contributed by atoms with E-state index in [0.29, 0.717) is 0 Å². The number of benzene rings is 8. The van der Waals surface area contributed by atoms with Crippen molar-refractivity contribution in [3.05, 3.63) is 205 Å². The lowest BCUT2D eigenvalue weighted by atomic mass is 9.33. The van der Waals surface area contributed by atoms with Crippen LogP contribution in [0.4, 0.5) is 51.2 Å². The molecule has 266 valence electrons. The van der Waals surface area contributed by atoms with Gasteiger partial charge in [0.25, 0.3) is 6.71 Å². The number of fused-ring (bicyclic) bond motifs is 5. The van der Waals surface area contributed by atoms with Crippen molar-refractivity contribution < 1.29 is 0 Å². The Kier molecular flexibility index (Phi) is 7.87. The lowest BCUT2D eigenvalue weighted by Crippen LogP contribution is -2.61. The molecule has 0 fully saturated rings. The highest BCUT2D eigenvalue weighted by atomic mass is 15.2. The Balaban J connectivity index is 1.26. The van der Waals surface area contributed by atoms with Crippen LogP contribution in [0, 0.1) is 0 Å². The number of aryl methyl sites for hydroxylation is 1. The Morgan fingerprint density at radius 3 is 1.52 bits per heavy atom. The van der Waals surface area contributed by atoms with Gasteiger partial charge in [-0.25, -0.2) is 0 Å². The molecule has 11 rings (SSSR count). The highest BCUT2D eigenvalue weighted by Gasteiger charge is 2.43. The second-order valence-electron chi connectivity index (χ2n) is 15.1. The van der Waals surface area contributed by atoms with Crippen molar-refractivity contribution in [3.63, 3.8) is 0 Å². The van der Waals surface area contributed by atoms with Crippen molar-refractivity contribution >= 4 is 74.3 Å². The van der Waals surface area contributed by atoms with Crippen LogP contribution in [0.5, 0.6) is 0 Å². The third-order valence-corrected chi connectivity index (χ3v) is 12.0. The molecule has 0 saturated heterocycles. The molecule has 3 aliphatic rings. The minimum atomic E-state index is 0.0650. The summed E-state index contributed by atoms with van der Waals surface area (Å²) in [6.45, 7) is 0.0650. The topological polar surface area (TPSA) is 9.72 Å². The van der Waals surface area contributed by atoms with E-state index in [-0.39, 0.29) is 6.71 Å². The summed E-state index contributed by atoms with van der Waals surface area (Å²) in [7, 11) is 0. The van der Waals surface area contributed by atoms with Gasteiger partial charge in [0.2, 0.25) is 0 Å². The summed E-state index contributed by atoms with van der Waals surface area (Å²) in [5, 5.41) is 0. The van der Waals surface area contributed by atoms with Gasteiger partial charge >= 0.3 is 0 Å². The number of para-hydroxylation sites is 5. The molecule has 0 atom stereocenters. The smallest absolute Gasteiger partial charge is 0.252 e. The number of hydrogen-bond donors (Lipinski definition) is 0. The number of nitrogens with zero attached hydrogens (tertiary/aromatic N) is 3. The molecule has 0 saturated carbocycles. The van der Waals surface area contributed by atoms with Crippen LogP contribution in [0.2, 0.25) is 0 Å². The quantitative estimate of drug-likeness (QED) is 0.159. The molecule has 1 aliphatic carbocycles. The van der Waals surface area contributed by atoms with Gasteiger partial charge in [0.1, 0.15) is 0 Å². The Bertz CT molecular complexity index is 2600. The second-order valence-corrected chi connectivity index (χ2v) is 15.1. The molecular formula is C52H40BN3. The molecule has 0 amide bonds. The van der Waals surface area contributed by atoms with Crippen molar-refractivity contribution in [3.8, 4) is 11.1 Å². The molecule has 0 aromatic heterocycles. The summed E-state index contributed by atoms with van der Waals surface area (Å²) >= 11 is 0. The molecule has 4 heteroatoms. The standard InChI is InChI=1S/C52H40BN3/c1-5-20-38(21-6-1)51-43-28-14-13-19-37(43)33-34-48(51)54(39-22-7-2-8-23-39)42-35-49-52-50(36-42)56(41-26-11-4-12-27-41)47-32-18-16-30-45(47)53(52)44-29-15-17-31-46(44)55(49)40-24-9-3-10-25-40/h1-12,15-18,20-27,29-36H,13-14,19,28H2. The number of hydrogen-bond acceptors (Lipinski definition) is 3. The number of anilines is 9. The summed E-state index contributed by atoms with van der Waals surface area (Å²) in [6, 6.07) is 71.6. The van der Waals surface area contributed by atoms with E-state index in [4.69, 9.17) is 0 Å². The van der Waals surface area contributed by atoms with Crippen LogP contribution in [0.25, 0.3) is 11.1 Å². The first kappa shape index (κ1) is 32.6. The molecule has 3 nitrogen and oxygen atoms in total. The van der Waals surface area contributed by atoms with Gasteiger partial charge in [0, 0.05) is 45.4 Å². The molecule has 0 radical (unpaired) electrons. The third kappa shape index (κ3) is 5.21. The third-order valence-electron chi connectivity index (χ3n) is 12.0. The fourth-order valence-corrected chi connectivity index (χ4v) is 9.66. The van der Waals surface area contributed by atoms with E-state index in [1.165, 1.54) is 79.9 Å². The summed E-state index contributed by atoms with van der Waals surface area (Å²) in [6.07, 6.45) is 4.67. The largest absolute Gasteiger partial charge is 0.311 e. The summed E-state index contributed by atoms with van der Waals surface area (Å²) in [4.78, 5) is 7.52. The molecule has 0 N–H and O–H groups in total.